The fraction of sp³-hybridized carbons (Fsp3) is 0.333. The molecule has 0 radical (unpaired) electrons. The van der Waals surface area contributed by atoms with Crippen LogP contribution in [0.3, 0.4) is 0 Å². The Morgan fingerprint density at radius 2 is 1.85 bits per heavy atom. The van der Waals surface area contributed by atoms with Crippen LogP contribution in [0.2, 0.25) is 5.02 Å². The molecule has 1 aromatic carbocycles. The number of nitrogens with one attached hydrogen (secondary N) is 1. The highest BCUT2D eigenvalue weighted by Gasteiger charge is 2.45. The van der Waals surface area contributed by atoms with E-state index in [4.69, 9.17) is 16.0 Å². The molecule has 142 valence electrons. The van der Waals surface area contributed by atoms with Crippen LogP contribution in [0.25, 0.3) is 11.5 Å². The number of halogens is 3. The fourth-order valence-corrected chi connectivity index (χ4v) is 2.74. The minimum atomic E-state index is -2.81. The highest BCUT2D eigenvalue weighted by Crippen LogP contribution is 2.48. The summed E-state index contributed by atoms with van der Waals surface area (Å²) < 4.78 is 29.9. The lowest BCUT2D eigenvalue weighted by molar-refractivity contribution is 0.116. The first kappa shape index (κ1) is 19.2. The number of benzene rings is 1. The predicted molar refractivity (Wildman–Crippen MR) is 97.6 cm³/mol. The zero-order chi connectivity index (χ0) is 19.4. The molecule has 0 bridgehead atoms. The summed E-state index contributed by atoms with van der Waals surface area (Å²) in [6, 6.07) is 7.65. The third-order valence-electron chi connectivity index (χ3n) is 4.00. The van der Waals surface area contributed by atoms with E-state index in [0.29, 0.717) is 16.5 Å². The van der Waals surface area contributed by atoms with Gasteiger partial charge in [-0.15, -0.1) is 10.2 Å². The maximum Gasteiger partial charge on any atom is 0.314 e. The summed E-state index contributed by atoms with van der Waals surface area (Å²) in [6.45, 7) is 4.00. The average molecular weight is 394 g/mol. The minimum Gasteiger partial charge on any atom is -0.415 e. The molecule has 2 aromatic heterocycles. The van der Waals surface area contributed by atoms with Gasteiger partial charge in [0.25, 0.3) is 11.8 Å². The minimum absolute atomic E-state index is 0.0437. The Morgan fingerprint density at radius 1 is 1.15 bits per heavy atom. The first-order valence-corrected chi connectivity index (χ1v) is 8.92. The zero-order valence-electron chi connectivity index (χ0n) is 14.8. The van der Waals surface area contributed by atoms with Crippen LogP contribution in [0.4, 0.5) is 14.7 Å². The Balaban J connectivity index is 0.00000102. The molecule has 27 heavy (non-hydrogen) atoms. The van der Waals surface area contributed by atoms with Crippen molar-refractivity contribution in [2.75, 3.05) is 5.32 Å². The molecule has 0 amide bonds. The summed E-state index contributed by atoms with van der Waals surface area (Å²) in [5.74, 6) is -0.345. The van der Waals surface area contributed by atoms with Gasteiger partial charge in [0.05, 0.1) is 11.1 Å². The van der Waals surface area contributed by atoms with Crippen molar-refractivity contribution in [3.8, 4) is 11.5 Å². The van der Waals surface area contributed by atoms with E-state index in [1.165, 1.54) is 12.4 Å². The molecule has 9 heteroatoms. The summed E-state index contributed by atoms with van der Waals surface area (Å²) >= 11 is 6.06. The lowest BCUT2D eigenvalue weighted by atomic mass is 10.1. The van der Waals surface area contributed by atoms with Crippen LogP contribution >= 0.6 is 11.6 Å². The maximum atomic E-state index is 12.5. The third kappa shape index (κ3) is 4.21. The summed E-state index contributed by atoms with van der Waals surface area (Å²) in [5.41, 5.74) is 1.23. The zero-order valence-corrected chi connectivity index (χ0v) is 15.5. The monoisotopic (exact) mass is 393 g/mol. The van der Waals surface area contributed by atoms with Crippen LogP contribution in [0.5, 0.6) is 0 Å². The van der Waals surface area contributed by atoms with Crippen LogP contribution in [0.15, 0.2) is 41.1 Å². The Kier molecular flexibility index (Phi) is 5.65. The number of aromatic nitrogens is 4. The molecule has 1 N–H and O–H groups in total. The number of hydrogen-bond acceptors (Lipinski definition) is 6. The van der Waals surface area contributed by atoms with Crippen LogP contribution in [0.1, 0.15) is 44.6 Å². The van der Waals surface area contributed by atoms with Gasteiger partial charge in [-0.2, -0.15) is 8.78 Å². The molecule has 4 rings (SSSR count). The normalized spacial score (nSPS) is 14.4. The van der Waals surface area contributed by atoms with Gasteiger partial charge in [0.2, 0.25) is 5.95 Å². The molecule has 3 aromatic rings. The van der Waals surface area contributed by atoms with E-state index in [0.717, 1.165) is 18.4 Å². The van der Waals surface area contributed by atoms with E-state index in [-0.39, 0.29) is 11.4 Å². The second-order valence-corrected chi connectivity index (χ2v) is 6.20. The smallest absolute Gasteiger partial charge is 0.314 e. The van der Waals surface area contributed by atoms with Crippen molar-refractivity contribution < 1.29 is 13.2 Å². The van der Waals surface area contributed by atoms with Crippen molar-refractivity contribution in [1.82, 2.24) is 20.2 Å². The molecule has 1 aliphatic carbocycles. The Bertz CT molecular complexity index is 897. The Labute approximate surface area is 160 Å². The van der Waals surface area contributed by atoms with E-state index in [9.17, 15) is 8.78 Å². The van der Waals surface area contributed by atoms with E-state index in [1.807, 2.05) is 38.1 Å². The third-order valence-corrected chi connectivity index (χ3v) is 4.24. The molecule has 0 saturated heterocycles. The van der Waals surface area contributed by atoms with Crippen LogP contribution < -0.4 is 5.32 Å². The van der Waals surface area contributed by atoms with Gasteiger partial charge in [-0.05, 0) is 30.5 Å². The van der Waals surface area contributed by atoms with E-state index in [2.05, 4.69) is 25.5 Å². The van der Waals surface area contributed by atoms with Crippen molar-refractivity contribution in [2.24, 2.45) is 0 Å². The second-order valence-electron chi connectivity index (χ2n) is 5.76. The highest BCUT2D eigenvalue weighted by molar-refractivity contribution is 6.30. The lowest BCUT2D eigenvalue weighted by Crippen LogP contribution is -2.20. The second kappa shape index (κ2) is 7.96. The SMILES string of the molecule is CC.FC(F)c1nnc(-c2cnc(NC3(c4cccc(Cl)c4)CC3)nc2)o1. The molecule has 1 saturated carbocycles. The number of nitrogens with zero attached hydrogens (tertiary/aromatic N) is 4. The first-order valence-electron chi connectivity index (χ1n) is 8.54. The first-order chi connectivity index (χ1) is 13.1. The van der Waals surface area contributed by atoms with Gasteiger partial charge in [0.1, 0.15) is 0 Å². The molecule has 2 heterocycles. The quantitative estimate of drug-likeness (QED) is 0.638. The largest absolute Gasteiger partial charge is 0.415 e. The van der Waals surface area contributed by atoms with Gasteiger partial charge >= 0.3 is 6.43 Å². The molecule has 0 atom stereocenters. The predicted octanol–water partition coefficient (Wildman–Crippen LogP) is 5.25. The fourth-order valence-electron chi connectivity index (χ4n) is 2.55. The van der Waals surface area contributed by atoms with Gasteiger partial charge in [-0.1, -0.05) is 37.6 Å². The molecular weight excluding hydrogens is 376 g/mol. The van der Waals surface area contributed by atoms with Gasteiger partial charge in [0, 0.05) is 17.4 Å². The topological polar surface area (TPSA) is 76.7 Å². The maximum absolute atomic E-state index is 12.5. The lowest BCUT2D eigenvalue weighted by Gasteiger charge is -2.18. The van der Waals surface area contributed by atoms with Crippen LogP contribution in [-0.4, -0.2) is 20.2 Å². The summed E-state index contributed by atoms with van der Waals surface area (Å²) in [5, 5.41) is 10.8. The van der Waals surface area contributed by atoms with Gasteiger partial charge in [0.15, 0.2) is 0 Å². The molecule has 6 nitrogen and oxygen atoms in total. The van der Waals surface area contributed by atoms with E-state index in [1.54, 1.807) is 0 Å². The number of anilines is 1. The molecule has 0 spiro atoms. The molecular formula is C18H18ClF2N5O. The number of rotatable bonds is 5. The van der Waals surface area contributed by atoms with Crippen molar-refractivity contribution in [3.63, 3.8) is 0 Å². The summed E-state index contributed by atoms with van der Waals surface area (Å²) in [6.07, 6.45) is 1.98. The standard InChI is InChI=1S/C16H12ClF2N5O.C2H6/c17-11-3-1-2-10(6-11)16(4-5-16)22-15-20-7-9(8-21-15)13-23-24-14(25-13)12(18)19;1-2/h1-3,6-8,12H,4-5H2,(H,20,21,22);1-2H3. The molecule has 1 aliphatic rings. The van der Waals surface area contributed by atoms with Crippen molar-refractivity contribution in [1.29, 1.82) is 0 Å². The molecule has 0 aliphatic heterocycles. The van der Waals surface area contributed by atoms with E-state index < -0.39 is 12.3 Å². The molecule has 1 fully saturated rings. The Hall–Kier alpha value is -2.61. The highest BCUT2D eigenvalue weighted by atomic mass is 35.5. The van der Waals surface area contributed by atoms with Crippen LogP contribution in [-0.2, 0) is 5.54 Å². The van der Waals surface area contributed by atoms with Gasteiger partial charge in [-0.3, -0.25) is 0 Å². The Morgan fingerprint density at radius 3 is 2.41 bits per heavy atom. The summed E-state index contributed by atoms with van der Waals surface area (Å²) in [7, 11) is 0. The molecule has 0 unspecified atom stereocenters. The van der Waals surface area contributed by atoms with Gasteiger partial charge < -0.3 is 9.73 Å². The van der Waals surface area contributed by atoms with Crippen molar-refractivity contribution in [2.45, 2.75) is 38.7 Å². The van der Waals surface area contributed by atoms with E-state index >= 15 is 0 Å². The van der Waals surface area contributed by atoms with Gasteiger partial charge in [-0.25, -0.2) is 9.97 Å². The van der Waals surface area contributed by atoms with Crippen LogP contribution in [0, 0.1) is 0 Å². The summed E-state index contributed by atoms with van der Waals surface area (Å²) in [4.78, 5) is 8.42. The van der Waals surface area contributed by atoms with Crippen molar-refractivity contribution >= 4 is 17.5 Å². The number of alkyl halides is 2. The van der Waals surface area contributed by atoms with Crippen molar-refractivity contribution in [3.05, 3.63) is 53.1 Å². The number of hydrogen-bond donors (Lipinski definition) is 1. The average Bonchev–Trinajstić information content (AvgIpc) is 3.29.